The van der Waals surface area contributed by atoms with Gasteiger partial charge in [-0.1, -0.05) is 42.5 Å². The third kappa shape index (κ3) is 3.55. The van der Waals surface area contributed by atoms with E-state index in [1.54, 1.807) is 0 Å². The summed E-state index contributed by atoms with van der Waals surface area (Å²) in [6.07, 6.45) is 6.13. The van der Waals surface area contributed by atoms with Gasteiger partial charge in [-0.25, -0.2) is 0 Å². The Kier molecular flexibility index (Phi) is 5.08. The third-order valence-electron chi connectivity index (χ3n) is 4.74. The van der Waals surface area contributed by atoms with Crippen LogP contribution in [0.4, 0.5) is 0 Å². The largest absolute Gasteiger partial charge is 0.356 e. The lowest BCUT2D eigenvalue weighted by atomic mass is 9.85. The van der Waals surface area contributed by atoms with Gasteiger partial charge >= 0.3 is 0 Å². The maximum atomic E-state index is 12.3. The van der Waals surface area contributed by atoms with Crippen molar-refractivity contribution in [3.63, 3.8) is 0 Å². The van der Waals surface area contributed by atoms with E-state index >= 15 is 0 Å². The second kappa shape index (κ2) is 7.43. The van der Waals surface area contributed by atoms with Crippen LogP contribution >= 0.6 is 0 Å². The lowest BCUT2D eigenvalue weighted by molar-refractivity contribution is -0.140. The molecule has 1 saturated heterocycles. The Morgan fingerprint density at radius 2 is 1.67 bits per heavy atom. The number of hydrogen-bond donors (Lipinski definition) is 1. The number of hydrogen-bond acceptors (Lipinski definition) is 3. The van der Waals surface area contributed by atoms with Crippen molar-refractivity contribution in [2.45, 2.75) is 25.7 Å². The number of carbonyl (C=O) groups is 3. The number of allylic oxidation sites excluding steroid dienone is 2. The van der Waals surface area contributed by atoms with E-state index < -0.39 is 0 Å². The van der Waals surface area contributed by atoms with Crippen LogP contribution in [0.3, 0.4) is 0 Å². The number of likely N-dealkylation sites (tertiary alicyclic amines) is 1. The van der Waals surface area contributed by atoms with Gasteiger partial charge in [-0.05, 0) is 24.8 Å². The molecule has 126 valence electrons. The van der Waals surface area contributed by atoms with Crippen molar-refractivity contribution < 1.29 is 14.4 Å². The highest BCUT2D eigenvalue weighted by atomic mass is 16.2. The summed E-state index contributed by atoms with van der Waals surface area (Å²) in [6.45, 7) is 0.738. The number of imide groups is 1. The lowest BCUT2D eigenvalue weighted by Gasteiger charge is -2.14. The van der Waals surface area contributed by atoms with E-state index in [0.29, 0.717) is 19.4 Å². The van der Waals surface area contributed by atoms with Gasteiger partial charge in [-0.15, -0.1) is 0 Å². The molecule has 5 nitrogen and oxygen atoms in total. The number of nitrogens with zero attached hydrogens (tertiary/aromatic N) is 1. The maximum absolute atomic E-state index is 12.3. The average Bonchev–Trinajstić information content (AvgIpc) is 2.85. The standard InChI is InChI=1S/C19H22N2O3/c22-17(20-12-10-14-6-2-1-3-7-14)11-13-21-18(23)15-8-4-5-9-16(15)19(21)24/h1-7,15-16H,8-13H2,(H,20,22)/t15-,16-/m1/s1. The molecule has 3 amide bonds. The van der Waals surface area contributed by atoms with Crippen molar-refractivity contribution in [3.05, 3.63) is 48.0 Å². The maximum Gasteiger partial charge on any atom is 0.233 e. The number of rotatable bonds is 6. The molecule has 1 fully saturated rings. The summed E-state index contributed by atoms with van der Waals surface area (Å²) < 4.78 is 0. The van der Waals surface area contributed by atoms with E-state index in [1.807, 2.05) is 42.5 Å². The molecule has 1 heterocycles. The number of nitrogens with one attached hydrogen (secondary N) is 1. The Morgan fingerprint density at radius 3 is 2.29 bits per heavy atom. The van der Waals surface area contributed by atoms with Crippen molar-refractivity contribution in [1.82, 2.24) is 10.2 Å². The highest BCUT2D eigenvalue weighted by molar-refractivity contribution is 6.05. The molecule has 1 aromatic carbocycles. The van der Waals surface area contributed by atoms with Crippen LogP contribution in [-0.4, -0.2) is 35.7 Å². The summed E-state index contributed by atoms with van der Waals surface area (Å²) in [6, 6.07) is 9.93. The average molecular weight is 326 g/mol. The number of benzene rings is 1. The molecule has 5 heteroatoms. The van der Waals surface area contributed by atoms with E-state index in [2.05, 4.69) is 5.32 Å². The Labute approximate surface area is 141 Å². The Hall–Kier alpha value is -2.43. The zero-order valence-corrected chi connectivity index (χ0v) is 13.6. The van der Waals surface area contributed by atoms with Crippen LogP contribution in [0, 0.1) is 11.8 Å². The minimum Gasteiger partial charge on any atom is -0.356 e. The normalized spacial score (nSPS) is 22.6. The van der Waals surface area contributed by atoms with Crippen LogP contribution in [0.5, 0.6) is 0 Å². The van der Waals surface area contributed by atoms with Gasteiger partial charge in [0.2, 0.25) is 17.7 Å². The Balaban J connectivity index is 1.43. The van der Waals surface area contributed by atoms with E-state index in [0.717, 1.165) is 6.42 Å². The summed E-state index contributed by atoms with van der Waals surface area (Å²) in [5, 5.41) is 2.85. The van der Waals surface area contributed by atoms with Crippen LogP contribution in [-0.2, 0) is 20.8 Å². The van der Waals surface area contributed by atoms with Crippen molar-refractivity contribution >= 4 is 17.7 Å². The monoisotopic (exact) mass is 326 g/mol. The summed E-state index contributed by atoms with van der Waals surface area (Å²) >= 11 is 0. The molecule has 1 aliphatic heterocycles. The first-order chi connectivity index (χ1) is 11.7. The molecule has 1 aromatic rings. The van der Waals surface area contributed by atoms with Crippen molar-refractivity contribution in [1.29, 1.82) is 0 Å². The molecule has 0 bridgehead atoms. The topological polar surface area (TPSA) is 66.5 Å². The predicted octanol–water partition coefficient (Wildman–Crippen LogP) is 1.69. The van der Waals surface area contributed by atoms with Crippen LogP contribution in [0.15, 0.2) is 42.5 Å². The van der Waals surface area contributed by atoms with Gasteiger partial charge < -0.3 is 5.32 Å². The summed E-state index contributed by atoms with van der Waals surface area (Å²) in [5.74, 6) is -0.801. The first kappa shape index (κ1) is 16.4. The van der Waals surface area contributed by atoms with Gasteiger partial charge in [0, 0.05) is 19.5 Å². The Morgan fingerprint density at radius 1 is 1.04 bits per heavy atom. The molecule has 1 N–H and O–H groups in total. The molecule has 2 aliphatic rings. The number of carbonyl (C=O) groups excluding carboxylic acids is 3. The fourth-order valence-corrected chi connectivity index (χ4v) is 3.38. The highest BCUT2D eigenvalue weighted by Crippen LogP contribution is 2.34. The molecule has 3 rings (SSSR count). The summed E-state index contributed by atoms with van der Waals surface area (Å²) in [7, 11) is 0. The fourth-order valence-electron chi connectivity index (χ4n) is 3.38. The predicted molar refractivity (Wildman–Crippen MR) is 89.8 cm³/mol. The van der Waals surface area contributed by atoms with E-state index in [1.165, 1.54) is 10.5 Å². The van der Waals surface area contributed by atoms with Crippen molar-refractivity contribution in [2.24, 2.45) is 11.8 Å². The third-order valence-corrected chi connectivity index (χ3v) is 4.74. The van der Waals surface area contributed by atoms with E-state index in [9.17, 15) is 14.4 Å². The van der Waals surface area contributed by atoms with E-state index in [4.69, 9.17) is 0 Å². The first-order valence-corrected chi connectivity index (χ1v) is 8.47. The van der Waals surface area contributed by atoms with Crippen LogP contribution < -0.4 is 5.32 Å². The van der Waals surface area contributed by atoms with Gasteiger partial charge in [0.05, 0.1) is 11.8 Å². The second-order valence-corrected chi connectivity index (χ2v) is 6.32. The van der Waals surface area contributed by atoms with Gasteiger partial charge in [-0.3, -0.25) is 19.3 Å². The number of amides is 3. The fraction of sp³-hybridized carbons (Fsp3) is 0.421. The molecular weight excluding hydrogens is 304 g/mol. The Bertz CT molecular complexity index is 628. The molecule has 0 saturated carbocycles. The summed E-state index contributed by atoms with van der Waals surface area (Å²) in [4.78, 5) is 37.8. The van der Waals surface area contributed by atoms with Crippen molar-refractivity contribution in [3.8, 4) is 0 Å². The van der Waals surface area contributed by atoms with Crippen LogP contribution in [0.25, 0.3) is 0 Å². The SMILES string of the molecule is O=C(CCN1C(=O)[C@@H]2CC=CC[C@H]2C1=O)NCCc1ccccc1. The number of fused-ring (bicyclic) bond motifs is 1. The highest BCUT2D eigenvalue weighted by Gasteiger charge is 2.46. The molecule has 2 atom stereocenters. The molecule has 0 unspecified atom stereocenters. The second-order valence-electron chi connectivity index (χ2n) is 6.32. The van der Waals surface area contributed by atoms with Crippen LogP contribution in [0.1, 0.15) is 24.8 Å². The molecule has 1 aliphatic carbocycles. The quantitative estimate of drug-likeness (QED) is 0.639. The van der Waals surface area contributed by atoms with Crippen LogP contribution in [0.2, 0.25) is 0 Å². The van der Waals surface area contributed by atoms with Gasteiger partial charge in [0.1, 0.15) is 0 Å². The van der Waals surface area contributed by atoms with Gasteiger partial charge in [0.25, 0.3) is 0 Å². The minimum absolute atomic E-state index is 0.119. The molecule has 0 radical (unpaired) electrons. The zero-order valence-electron chi connectivity index (χ0n) is 13.6. The summed E-state index contributed by atoms with van der Waals surface area (Å²) in [5.41, 5.74) is 1.17. The molecular formula is C19H22N2O3. The zero-order chi connectivity index (χ0) is 16.9. The van der Waals surface area contributed by atoms with Gasteiger partial charge in [0.15, 0.2) is 0 Å². The first-order valence-electron chi connectivity index (χ1n) is 8.47. The molecule has 0 aromatic heterocycles. The lowest BCUT2D eigenvalue weighted by Crippen LogP contribution is -2.35. The molecule has 0 spiro atoms. The molecule has 24 heavy (non-hydrogen) atoms. The minimum atomic E-state index is -0.219. The smallest absolute Gasteiger partial charge is 0.233 e. The van der Waals surface area contributed by atoms with Gasteiger partial charge in [-0.2, -0.15) is 0 Å². The van der Waals surface area contributed by atoms with E-state index in [-0.39, 0.29) is 42.5 Å². The van der Waals surface area contributed by atoms with Crippen molar-refractivity contribution in [2.75, 3.05) is 13.1 Å².